The van der Waals surface area contributed by atoms with E-state index in [4.69, 9.17) is 5.73 Å². The quantitative estimate of drug-likeness (QED) is 0.895. The molecule has 0 aliphatic rings. The summed E-state index contributed by atoms with van der Waals surface area (Å²) >= 11 is 0. The first-order valence-corrected chi connectivity index (χ1v) is 6.34. The molecule has 2 aromatic rings. The SMILES string of the molecule is CN(C)C(C)(C)C(N)c1ccc2ccccc2c1. The molecule has 0 fully saturated rings. The maximum absolute atomic E-state index is 6.42. The van der Waals surface area contributed by atoms with E-state index in [1.54, 1.807) is 0 Å². The molecule has 0 saturated heterocycles. The Morgan fingerprint density at radius 2 is 1.61 bits per heavy atom. The lowest BCUT2D eigenvalue weighted by molar-refractivity contribution is 0.159. The molecule has 1 atom stereocenters. The lowest BCUT2D eigenvalue weighted by atomic mass is 9.87. The van der Waals surface area contributed by atoms with Gasteiger partial charge in [0.05, 0.1) is 0 Å². The van der Waals surface area contributed by atoms with Crippen LogP contribution in [-0.2, 0) is 0 Å². The van der Waals surface area contributed by atoms with Crippen LogP contribution in [0.4, 0.5) is 0 Å². The summed E-state index contributed by atoms with van der Waals surface area (Å²) < 4.78 is 0. The van der Waals surface area contributed by atoms with Crippen molar-refractivity contribution in [1.82, 2.24) is 4.90 Å². The number of fused-ring (bicyclic) bond motifs is 1. The van der Waals surface area contributed by atoms with Gasteiger partial charge in [0.15, 0.2) is 0 Å². The van der Waals surface area contributed by atoms with Crippen molar-refractivity contribution in [2.45, 2.75) is 25.4 Å². The predicted octanol–water partition coefficient (Wildman–Crippen LogP) is 3.18. The topological polar surface area (TPSA) is 29.3 Å². The van der Waals surface area contributed by atoms with E-state index < -0.39 is 0 Å². The van der Waals surface area contributed by atoms with Gasteiger partial charge in [0, 0.05) is 11.6 Å². The Morgan fingerprint density at radius 1 is 1.00 bits per heavy atom. The van der Waals surface area contributed by atoms with Crippen molar-refractivity contribution < 1.29 is 0 Å². The molecule has 0 heterocycles. The van der Waals surface area contributed by atoms with Crippen LogP contribution in [0.1, 0.15) is 25.5 Å². The van der Waals surface area contributed by atoms with Gasteiger partial charge in [0.25, 0.3) is 0 Å². The molecule has 0 aromatic heterocycles. The van der Waals surface area contributed by atoms with Crippen LogP contribution < -0.4 is 5.73 Å². The van der Waals surface area contributed by atoms with Crippen molar-refractivity contribution in [2.75, 3.05) is 14.1 Å². The molecule has 2 nitrogen and oxygen atoms in total. The number of benzene rings is 2. The van der Waals surface area contributed by atoms with Crippen molar-refractivity contribution in [1.29, 1.82) is 0 Å². The molecule has 2 rings (SSSR count). The fraction of sp³-hybridized carbons (Fsp3) is 0.375. The van der Waals surface area contributed by atoms with E-state index in [0.29, 0.717) is 0 Å². The molecule has 96 valence electrons. The second-order valence-electron chi connectivity index (χ2n) is 5.63. The minimum Gasteiger partial charge on any atom is -0.322 e. The minimum atomic E-state index is -0.0670. The maximum Gasteiger partial charge on any atom is 0.0476 e. The first-order valence-electron chi connectivity index (χ1n) is 6.34. The van der Waals surface area contributed by atoms with Gasteiger partial charge >= 0.3 is 0 Å². The second-order valence-corrected chi connectivity index (χ2v) is 5.63. The molecule has 0 amide bonds. The Labute approximate surface area is 109 Å². The monoisotopic (exact) mass is 242 g/mol. The van der Waals surface area contributed by atoms with Crippen molar-refractivity contribution >= 4 is 10.8 Å². The van der Waals surface area contributed by atoms with Gasteiger partial charge in [-0.25, -0.2) is 0 Å². The average molecular weight is 242 g/mol. The molecule has 2 N–H and O–H groups in total. The lowest BCUT2D eigenvalue weighted by Gasteiger charge is -2.38. The minimum absolute atomic E-state index is 0.00268. The highest BCUT2D eigenvalue weighted by Crippen LogP contribution is 2.29. The molecule has 1 unspecified atom stereocenters. The molecule has 0 radical (unpaired) electrons. The molecule has 0 spiro atoms. The Hall–Kier alpha value is -1.38. The molecule has 0 aliphatic carbocycles. The van der Waals surface area contributed by atoms with Gasteiger partial charge in [-0.15, -0.1) is 0 Å². The molecule has 0 aliphatic heterocycles. The number of likely N-dealkylation sites (N-methyl/N-ethyl adjacent to an activating group) is 1. The summed E-state index contributed by atoms with van der Waals surface area (Å²) in [6.07, 6.45) is 0. The molecule has 0 saturated carbocycles. The third kappa shape index (κ3) is 2.26. The molecule has 18 heavy (non-hydrogen) atoms. The van der Waals surface area contributed by atoms with Crippen LogP contribution in [0, 0.1) is 0 Å². The van der Waals surface area contributed by atoms with E-state index in [0.717, 1.165) is 0 Å². The van der Waals surface area contributed by atoms with Crippen LogP contribution in [0.3, 0.4) is 0 Å². The molecule has 0 bridgehead atoms. The highest BCUT2D eigenvalue weighted by atomic mass is 15.2. The van der Waals surface area contributed by atoms with E-state index in [1.807, 2.05) is 0 Å². The van der Waals surface area contributed by atoms with Crippen LogP contribution >= 0.6 is 0 Å². The Balaban J connectivity index is 2.42. The van der Waals surface area contributed by atoms with E-state index in [2.05, 4.69) is 75.3 Å². The fourth-order valence-electron chi connectivity index (χ4n) is 2.09. The highest BCUT2D eigenvalue weighted by Gasteiger charge is 2.29. The predicted molar refractivity (Wildman–Crippen MR) is 78.6 cm³/mol. The van der Waals surface area contributed by atoms with Gasteiger partial charge in [-0.1, -0.05) is 36.4 Å². The number of nitrogens with two attached hydrogens (primary N) is 1. The first kappa shape index (κ1) is 13.1. The van der Waals surface area contributed by atoms with Crippen molar-refractivity contribution in [3.63, 3.8) is 0 Å². The van der Waals surface area contributed by atoms with Crippen LogP contribution in [0.15, 0.2) is 42.5 Å². The summed E-state index contributed by atoms with van der Waals surface area (Å²) in [7, 11) is 4.14. The summed E-state index contributed by atoms with van der Waals surface area (Å²) in [4.78, 5) is 2.17. The second kappa shape index (κ2) is 4.71. The maximum atomic E-state index is 6.42. The third-order valence-electron chi connectivity index (χ3n) is 4.05. The normalized spacial score (nSPS) is 14.1. The van der Waals surface area contributed by atoms with Crippen molar-refractivity contribution in [3.8, 4) is 0 Å². The standard InChI is InChI=1S/C16H22N2/c1-16(2,18(3)4)15(17)14-10-9-12-7-5-6-8-13(12)11-14/h5-11,15H,17H2,1-4H3. The molecule has 2 aromatic carbocycles. The smallest absolute Gasteiger partial charge is 0.0476 e. The summed E-state index contributed by atoms with van der Waals surface area (Å²) in [6, 6.07) is 14.9. The van der Waals surface area contributed by atoms with Crippen LogP contribution in [0.5, 0.6) is 0 Å². The van der Waals surface area contributed by atoms with Crippen molar-refractivity contribution in [2.24, 2.45) is 5.73 Å². The number of nitrogens with zero attached hydrogens (tertiary/aromatic N) is 1. The molecular formula is C16H22N2. The number of rotatable bonds is 3. The Bertz CT molecular complexity index is 544. The van der Waals surface area contributed by atoms with Gasteiger partial charge in [-0.2, -0.15) is 0 Å². The largest absolute Gasteiger partial charge is 0.322 e. The fourth-order valence-corrected chi connectivity index (χ4v) is 2.09. The lowest BCUT2D eigenvalue weighted by Crippen LogP contribution is -2.47. The molecule has 2 heteroatoms. The zero-order chi connectivity index (χ0) is 13.3. The average Bonchev–Trinajstić information content (AvgIpc) is 2.37. The van der Waals surface area contributed by atoms with E-state index in [1.165, 1.54) is 16.3 Å². The number of hydrogen-bond donors (Lipinski definition) is 1. The zero-order valence-electron chi connectivity index (χ0n) is 11.6. The summed E-state index contributed by atoms with van der Waals surface area (Å²) in [6.45, 7) is 4.35. The van der Waals surface area contributed by atoms with Gasteiger partial charge < -0.3 is 10.6 Å². The van der Waals surface area contributed by atoms with Gasteiger partial charge in [0.2, 0.25) is 0 Å². The third-order valence-corrected chi connectivity index (χ3v) is 4.05. The summed E-state index contributed by atoms with van der Waals surface area (Å²) in [5, 5.41) is 2.51. The highest BCUT2D eigenvalue weighted by molar-refractivity contribution is 5.83. The van der Waals surface area contributed by atoms with E-state index in [9.17, 15) is 0 Å². The Morgan fingerprint density at radius 3 is 2.22 bits per heavy atom. The number of hydrogen-bond acceptors (Lipinski definition) is 2. The summed E-state index contributed by atoms with van der Waals surface area (Å²) in [5.41, 5.74) is 7.54. The summed E-state index contributed by atoms with van der Waals surface area (Å²) in [5.74, 6) is 0. The molecular weight excluding hydrogens is 220 g/mol. The van der Waals surface area contributed by atoms with Crippen molar-refractivity contribution in [3.05, 3.63) is 48.0 Å². The van der Waals surface area contributed by atoms with Crippen LogP contribution in [0.2, 0.25) is 0 Å². The first-order chi connectivity index (χ1) is 8.43. The van der Waals surface area contributed by atoms with Gasteiger partial charge in [-0.3, -0.25) is 0 Å². The van der Waals surface area contributed by atoms with Gasteiger partial charge in [0.1, 0.15) is 0 Å². The van der Waals surface area contributed by atoms with Gasteiger partial charge in [-0.05, 0) is 50.3 Å². The van der Waals surface area contributed by atoms with Crippen LogP contribution in [0.25, 0.3) is 10.8 Å². The van der Waals surface area contributed by atoms with E-state index >= 15 is 0 Å². The van der Waals surface area contributed by atoms with Crippen LogP contribution in [-0.4, -0.2) is 24.5 Å². The van der Waals surface area contributed by atoms with E-state index in [-0.39, 0.29) is 11.6 Å². The zero-order valence-corrected chi connectivity index (χ0v) is 11.6. The Kier molecular flexibility index (Phi) is 3.42.